The molecule has 0 radical (unpaired) electrons. The van der Waals surface area contributed by atoms with Gasteiger partial charge in [-0.05, 0) is 48.2 Å². The van der Waals surface area contributed by atoms with Crippen LogP contribution in [0, 0.1) is 0 Å². The molecule has 0 spiro atoms. The minimum Gasteiger partial charge on any atom is -0.497 e. The first-order valence-corrected chi connectivity index (χ1v) is 11.8. The molecule has 0 bridgehead atoms. The van der Waals surface area contributed by atoms with Crippen LogP contribution in [-0.2, 0) is 4.79 Å². The van der Waals surface area contributed by atoms with Crippen molar-refractivity contribution in [3.63, 3.8) is 0 Å². The molecule has 1 fully saturated rings. The van der Waals surface area contributed by atoms with E-state index in [4.69, 9.17) is 9.84 Å². The standard InChI is InChI=1S/C27H35N3O4/c1-3-15-29-16-18-30(19-17-29)26(23-7-6-8-24(20-23)34-2)21-10-12-22(13-11-21)27(33)28-14-5-4-9-25(31)32/h3,6-8,10-13,20,26H,1,4-5,9,14-19H2,2H3,(H,28,33)(H,31,32)/t26-/m1/s1. The van der Waals surface area contributed by atoms with Crippen molar-refractivity contribution < 1.29 is 19.4 Å². The Morgan fingerprint density at radius 1 is 1.09 bits per heavy atom. The summed E-state index contributed by atoms with van der Waals surface area (Å²) in [6.07, 6.45) is 3.27. The molecule has 2 N–H and O–H groups in total. The Hall–Kier alpha value is -3.16. The largest absolute Gasteiger partial charge is 0.497 e. The maximum absolute atomic E-state index is 12.5. The van der Waals surface area contributed by atoms with Crippen molar-refractivity contribution in [1.82, 2.24) is 15.1 Å². The quantitative estimate of drug-likeness (QED) is 0.368. The van der Waals surface area contributed by atoms with E-state index in [-0.39, 0.29) is 18.4 Å². The number of aliphatic carboxylic acids is 1. The lowest BCUT2D eigenvalue weighted by Gasteiger charge is -2.39. The number of unbranched alkanes of at least 4 members (excludes halogenated alkanes) is 1. The van der Waals surface area contributed by atoms with Gasteiger partial charge in [-0.25, -0.2) is 0 Å². The Bertz CT molecular complexity index is 953. The minimum absolute atomic E-state index is 0.0640. The second-order valence-corrected chi connectivity index (χ2v) is 8.53. The molecule has 1 amide bonds. The minimum atomic E-state index is -0.811. The van der Waals surface area contributed by atoms with Gasteiger partial charge >= 0.3 is 5.97 Å². The van der Waals surface area contributed by atoms with Crippen LogP contribution in [0.3, 0.4) is 0 Å². The Morgan fingerprint density at radius 2 is 1.82 bits per heavy atom. The molecule has 1 saturated heterocycles. The van der Waals surface area contributed by atoms with Crippen LogP contribution < -0.4 is 10.1 Å². The van der Waals surface area contributed by atoms with E-state index in [2.05, 4.69) is 33.8 Å². The molecule has 1 aliphatic rings. The van der Waals surface area contributed by atoms with Crippen molar-refractivity contribution in [2.75, 3.05) is 46.4 Å². The molecule has 7 heteroatoms. The number of carbonyl (C=O) groups excluding carboxylic acids is 1. The molecule has 34 heavy (non-hydrogen) atoms. The van der Waals surface area contributed by atoms with Gasteiger partial charge in [0.2, 0.25) is 0 Å². The molecule has 1 atom stereocenters. The number of nitrogens with one attached hydrogen (secondary N) is 1. The molecule has 182 valence electrons. The van der Waals surface area contributed by atoms with Crippen LogP contribution in [0.25, 0.3) is 0 Å². The van der Waals surface area contributed by atoms with Gasteiger partial charge in [-0.1, -0.05) is 30.3 Å². The normalized spacial score (nSPS) is 15.4. The van der Waals surface area contributed by atoms with E-state index in [1.165, 1.54) is 0 Å². The lowest BCUT2D eigenvalue weighted by atomic mass is 9.95. The van der Waals surface area contributed by atoms with Crippen LogP contribution >= 0.6 is 0 Å². The van der Waals surface area contributed by atoms with Crippen LogP contribution in [0.5, 0.6) is 5.75 Å². The fourth-order valence-electron chi connectivity index (χ4n) is 4.33. The van der Waals surface area contributed by atoms with Crippen molar-refractivity contribution in [3.05, 3.63) is 77.9 Å². The smallest absolute Gasteiger partial charge is 0.303 e. The number of amides is 1. The summed E-state index contributed by atoms with van der Waals surface area (Å²) < 4.78 is 5.47. The Kier molecular flexibility index (Phi) is 9.67. The monoisotopic (exact) mass is 465 g/mol. The average molecular weight is 466 g/mol. The average Bonchev–Trinajstić information content (AvgIpc) is 2.85. The number of hydrogen-bond donors (Lipinski definition) is 2. The van der Waals surface area contributed by atoms with Gasteiger partial charge in [0.05, 0.1) is 13.2 Å². The topological polar surface area (TPSA) is 82.1 Å². The molecule has 3 rings (SSSR count). The van der Waals surface area contributed by atoms with E-state index in [0.29, 0.717) is 24.9 Å². The molecule has 2 aromatic rings. The van der Waals surface area contributed by atoms with E-state index in [1.807, 2.05) is 42.5 Å². The lowest BCUT2D eigenvalue weighted by molar-refractivity contribution is -0.137. The predicted molar refractivity (Wildman–Crippen MR) is 133 cm³/mol. The maximum Gasteiger partial charge on any atom is 0.303 e. The number of methoxy groups -OCH3 is 1. The molecule has 2 aromatic carbocycles. The predicted octanol–water partition coefficient (Wildman–Crippen LogP) is 3.57. The van der Waals surface area contributed by atoms with Gasteiger partial charge in [0.25, 0.3) is 5.91 Å². The van der Waals surface area contributed by atoms with Crippen molar-refractivity contribution in [3.8, 4) is 5.75 Å². The zero-order chi connectivity index (χ0) is 24.3. The first kappa shape index (κ1) is 25.5. The molecule has 0 saturated carbocycles. The number of benzene rings is 2. The summed E-state index contributed by atoms with van der Waals surface area (Å²) >= 11 is 0. The lowest BCUT2D eigenvalue weighted by Crippen LogP contribution is -2.47. The van der Waals surface area contributed by atoms with Gasteiger partial charge in [-0.2, -0.15) is 0 Å². The molecule has 0 aliphatic carbocycles. The maximum atomic E-state index is 12.5. The van der Waals surface area contributed by atoms with Crippen molar-refractivity contribution in [2.45, 2.75) is 25.3 Å². The second-order valence-electron chi connectivity index (χ2n) is 8.53. The summed E-state index contributed by atoms with van der Waals surface area (Å²) in [7, 11) is 1.68. The van der Waals surface area contributed by atoms with Crippen LogP contribution in [0.1, 0.15) is 46.8 Å². The highest BCUT2D eigenvalue weighted by Gasteiger charge is 2.26. The van der Waals surface area contributed by atoms with E-state index in [0.717, 1.165) is 49.6 Å². The summed E-state index contributed by atoms with van der Waals surface area (Å²) in [6.45, 7) is 9.06. The Labute approximate surface area is 202 Å². The van der Waals surface area contributed by atoms with Gasteiger partial charge in [0.1, 0.15) is 5.75 Å². The summed E-state index contributed by atoms with van der Waals surface area (Å²) in [6, 6.07) is 16.0. The van der Waals surface area contributed by atoms with Crippen LogP contribution in [-0.4, -0.2) is 73.2 Å². The van der Waals surface area contributed by atoms with Crippen LogP contribution in [0.15, 0.2) is 61.2 Å². The molecular weight excluding hydrogens is 430 g/mol. The number of carbonyl (C=O) groups is 2. The molecular formula is C27H35N3O4. The van der Waals surface area contributed by atoms with E-state index in [9.17, 15) is 9.59 Å². The third kappa shape index (κ3) is 7.17. The highest BCUT2D eigenvalue weighted by molar-refractivity contribution is 5.94. The van der Waals surface area contributed by atoms with Crippen molar-refractivity contribution in [2.24, 2.45) is 0 Å². The molecule has 1 aliphatic heterocycles. The van der Waals surface area contributed by atoms with Crippen molar-refractivity contribution >= 4 is 11.9 Å². The number of piperazine rings is 1. The summed E-state index contributed by atoms with van der Waals surface area (Å²) in [5.74, 6) is -0.126. The first-order chi connectivity index (χ1) is 16.5. The molecule has 7 nitrogen and oxygen atoms in total. The van der Waals surface area contributed by atoms with E-state index >= 15 is 0 Å². The van der Waals surface area contributed by atoms with Gasteiger partial charge in [-0.3, -0.25) is 19.4 Å². The summed E-state index contributed by atoms with van der Waals surface area (Å²) in [4.78, 5) is 28.0. The number of nitrogens with zero attached hydrogens (tertiary/aromatic N) is 2. The van der Waals surface area contributed by atoms with Crippen LogP contribution in [0.2, 0.25) is 0 Å². The van der Waals surface area contributed by atoms with Gasteiger partial charge in [0, 0.05) is 51.3 Å². The van der Waals surface area contributed by atoms with Gasteiger partial charge in [-0.15, -0.1) is 6.58 Å². The fourth-order valence-corrected chi connectivity index (χ4v) is 4.33. The Balaban J connectivity index is 1.72. The van der Waals surface area contributed by atoms with E-state index < -0.39 is 5.97 Å². The summed E-state index contributed by atoms with van der Waals surface area (Å²) in [5.41, 5.74) is 2.89. The fraction of sp³-hybridized carbons (Fsp3) is 0.407. The molecule has 0 unspecified atom stereocenters. The van der Waals surface area contributed by atoms with Gasteiger partial charge in [0.15, 0.2) is 0 Å². The van der Waals surface area contributed by atoms with Gasteiger partial charge < -0.3 is 15.2 Å². The zero-order valence-corrected chi connectivity index (χ0v) is 19.9. The number of carboxylic acid groups (broad SMARTS) is 1. The molecule has 1 heterocycles. The van der Waals surface area contributed by atoms with Crippen molar-refractivity contribution in [1.29, 1.82) is 0 Å². The third-order valence-electron chi connectivity index (χ3n) is 6.16. The summed E-state index contributed by atoms with van der Waals surface area (Å²) in [5, 5.41) is 11.6. The second kappa shape index (κ2) is 12.9. The highest BCUT2D eigenvalue weighted by atomic mass is 16.5. The number of carboxylic acids is 1. The Morgan fingerprint density at radius 3 is 2.47 bits per heavy atom. The van der Waals surface area contributed by atoms with E-state index in [1.54, 1.807) is 7.11 Å². The van der Waals surface area contributed by atoms with Crippen LogP contribution in [0.4, 0.5) is 0 Å². The highest BCUT2D eigenvalue weighted by Crippen LogP contribution is 2.31. The third-order valence-corrected chi connectivity index (χ3v) is 6.16. The molecule has 0 aromatic heterocycles. The zero-order valence-electron chi connectivity index (χ0n) is 19.9. The number of hydrogen-bond acceptors (Lipinski definition) is 5. The number of rotatable bonds is 12. The SMILES string of the molecule is C=CCN1CCN([C@H](c2ccc(C(=O)NCCCCC(=O)O)cc2)c2cccc(OC)c2)CC1. The number of ether oxygens (including phenoxy) is 1. The first-order valence-electron chi connectivity index (χ1n) is 11.8.